The number of halogens is 5. The molecule has 1 aliphatic heterocycles. The Morgan fingerprint density at radius 2 is 1.72 bits per heavy atom. The Kier molecular flexibility index (Phi) is 9.30. The molecule has 0 saturated carbocycles. The molecular formula is C24H23F5N5O7PS. The molecule has 12 nitrogen and oxygen atoms in total. The highest BCUT2D eigenvalue weighted by atomic mass is 32.2. The fourth-order valence-electron chi connectivity index (χ4n) is 4.44. The number of benzene rings is 1. The Morgan fingerprint density at radius 1 is 1.09 bits per heavy atom. The van der Waals surface area contributed by atoms with Gasteiger partial charge in [0, 0.05) is 29.6 Å². The van der Waals surface area contributed by atoms with Crippen molar-refractivity contribution in [2.75, 3.05) is 6.73 Å². The van der Waals surface area contributed by atoms with Gasteiger partial charge < -0.3 is 14.7 Å². The second kappa shape index (κ2) is 12.3. The average Bonchev–Trinajstić information content (AvgIpc) is 3.33. The van der Waals surface area contributed by atoms with Gasteiger partial charge >= 0.3 is 14.0 Å². The van der Waals surface area contributed by atoms with E-state index in [2.05, 4.69) is 19.5 Å². The van der Waals surface area contributed by atoms with Crippen LogP contribution in [0.5, 0.6) is 0 Å². The smallest absolute Gasteiger partial charge is 0.313 e. The van der Waals surface area contributed by atoms with Crippen molar-refractivity contribution in [3.63, 3.8) is 0 Å². The predicted molar refractivity (Wildman–Crippen MR) is 137 cm³/mol. The van der Waals surface area contributed by atoms with Crippen LogP contribution in [0, 0.1) is 11.6 Å². The summed E-state index contributed by atoms with van der Waals surface area (Å²) in [5, 5.41) is 0. The number of hydrogen-bond donors (Lipinski definition) is 2. The lowest BCUT2D eigenvalue weighted by Gasteiger charge is -2.31. The Labute approximate surface area is 241 Å². The molecule has 43 heavy (non-hydrogen) atoms. The molecule has 0 unspecified atom stereocenters. The molecule has 4 rings (SSSR count). The van der Waals surface area contributed by atoms with Gasteiger partial charge in [-0.2, -0.15) is 17.5 Å². The zero-order chi connectivity index (χ0) is 31.7. The number of rotatable bonds is 9. The SMILES string of the molecule is C[C@H]1CC[C@@H](C(=O)N(COP(=O)(O)O)Cc2cc(-c3cnc(C(F)(F)F)nc3)ncc2F)N1S(=O)(=O)c1ccc(F)cc1. The second-order valence-electron chi connectivity index (χ2n) is 9.47. The number of carbonyl (C=O) groups excluding carboxylic acids is 1. The number of alkyl halides is 3. The topological polar surface area (TPSA) is 163 Å². The molecular weight excluding hydrogens is 628 g/mol. The lowest BCUT2D eigenvalue weighted by atomic mass is 10.1. The average molecular weight is 652 g/mol. The van der Waals surface area contributed by atoms with Gasteiger partial charge in [0.15, 0.2) is 0 Å². The van der Waals surface area contributed by atoms with Crippen molar-refractivity contribution in [2.24, 2.45) is 0 Å². The molecule has 1 saturated heterocycles. The Morgan fingerprint density at radius 3 is 2.30 bits per heavy atom. The molecule has 1 fully saturated rings. The number of amides is 1. The third-order valence-corrected chi connectivity index (χ3v) is 8.95. The number of nitrogens with zero attached hydrogens (tertiary/aromatic N) is 5. The van der Waals surface area contributed by atoms with Crippen molar-refractivity contribution in [3.8, 4) is 11.3 Å². The summed E-state index contributed by atoms with van der Waals surface area (Å²) in [7, 11) is -9.54. The summed E-state index contributed by atoms with van der Waals surface area (Å²) in [6, 6.07) is 2.83. The van der Waals surface area contributed by atoms with Crippen LogP contribution in [-0.2, 0) is 36.6 Å². The molecule has 1 amide bonds. The summed E-state index contributed by atoms with van der Waals surface area (Å²) in [5.41, 5.74) is -0.435. The third-order valence-electron chi connectivity index (χ3n) is 6.46. The maximum absolute atomic E-state index is 14.9. The molecule has 0 radical (unpaired) electrons. The monoisotopic (exact) mass is 651 g/mol. The molecule has 3 aromatic rings. The molecule has 1 aliphatic rings. The van der Waals surface area contributed by atoms with Crippen molar-refractivity contribution in [2.45, 2.75) is 49.5 Å². The first-order valence-corrected chi connectivity index (χ1v) is 15.3. The van der Waals surface area contributed by atoms with Crippen LogP contribution in [0.2, 0.25) is 0 Å². The van der Waals surface area contributed by atoms with E-state index in [0.29, 0.717) is 11.1 Å². The fourth-order valence-corrected chi connectivity index (χ4v) is 6.56. The zero-order valence-electron chi connectivity index (χ0n) is 22.0. The molecule has 232 valence electrons. The van der Waals surface area contributed by atoms with Gasteiger partial charge in [0.05, 0.1) is 23.3 Å². The van der Waals surface area contributed by atoms with E-state index < -0.39 is 72.7 Å². The highest BCUT2D eigenvalue weighted by Gasteiger charge is 2.45. The first-order valence-electron chi connectivity index (χ1n) is 12.3. The maximum atomic E-state index is 14.9. The quantitative estimate of drug-likeness (QED) is 0.199. The Balaban J connectivity index is 1.66. The van der Waals surface area contributed by atoms with Crippen LogP contribution in [0.1, 0.15) is 31.2 Å². The predicted octanol–water partition coefficient (Wildman–Crippen LogP) is 3.47. The summed E-state index contributed by atoms with van der Waals surface area (Å²) < 4.78 is 110. The van der Waals surface area contributed by atoms with Crippen molar-refractivity contribution >= 4 is 23.8 Å². The number of pyridine rings is 1. The number of carbonyl (C=O) groups is 1. The molecule has 3 heterocycles. The summed E-state index contributed by atoms with van der Waals surface area (Å²) in [6.45, 7) is -0.262. The van der Waals surface area contributed by atoms with Crippen LogP contribution in [0.25, 0.3) is 11.3 Å². The number of phosphoric acid groups is 1. The summed E-state index contributed by atoms with van der Waals surface area (Å²) in [4.78, 5) is 42.8. The van der Waals surface area contributed by atoms with Crippen LogP contribution < -0.4 is 0 Å². The maximum Gasteiger partial charge on any atom is 0.471 e. The van der Waals surface area contributed by atoms with E-state index in [1.807, 2.05) is 0 Å². The normalized spacial score (nSPS) is 18.1. The zero-order valence-corrected chi connectivity index (χ0v) is 23.7. The lowest BCUT2D eigenvalue weighted by Crippen LogP contribution is -2.49. The first kappa shape index (κ1) is 32.5. The largest absolute Gasteiger partial charge is 0.471 e. The number of phosphoric ester groups is 1. The van der Waals surface area contributed by atoms with Gasteiger partial charge in [-0.05, 0) is 50.1 Å². The number of hydrogen-bond acceptors (Lipinski definition) is 8. The van der Waals surface area contributed by atoms with Crippen molar-refractivity contribution in [1.82, 2.24) is 24.2 Å². The standard InChI is InChI=1S/C24H23F5N5O7PS/c1-14-2-7-21(34(14)43(39,40)18-5-3-17(25)4-6-18)22(35)33(13-41-42(36,37)38)12-15-8-20(30-11-19(15)26)16-9-31-23(32-10-16)24(27,28)29/h3-6,8-11,14,21H,2,7,12-13H2,1H3,(H2,36,37,38)/t14-,21-/m0/s1. The molecule has 2 aromatic heterocycles. The van der Waals surface area contributed by atoms with E-state index in [-0.39, 0.29) is 34.6 Å². The highest BCUT2D eigenvalue weighted by molar-refractivity contribution is 7.89. The lowest BCUT2D eigenvalue weighted by molar-refractivity contribution is -0.145. The van der Waals surface area contributed by atoms with E-state index in [1.54, 1.807) is 0 Å². The van der Waals surface area contributed by atoms with E-state index in [0.717, 1.165) is 47.0 Å². The first-order chi connectivity index (χ1) is 20.0. The van der Waals surface area contributed by atoms with Gasteiger partial charge in [-0.3, -0.25) is 14.3 Å². The van der Waals surface area contributed by atoms with Gasteiger partial charge in [0.1, 0.15) is 24.4 Å². The van der Waals surface area contributed by atoms with Gasteiger partial charge in [-0.15, -0.1) is 0 Å². The van der Waals surface area contributed by atoms with Crippen LogP contribution >= 0.6 is 7.82 Å². The van der Waals surface area contributed by atoms with E-state index in [1.165, 1.54) is 6.92 Å². The van der Waals surface area contributed by atoms with Gasteiger partial charge in [-0.25, -0.2) is 31.7 Å². The minimum atomic E-state index is -5.17. The summed E-state index contributed by atoms with van der Waals surface area (Å²) in [5.74, 6) is -4.10. The van der Waals surface area contributed by atoms with Crippen molar-refractivity contribution in [3.05, 3.63) is 71.9 Å². The minimum Gasteiger partial charge on any atom is -0.313 e. The van der Waals surface area contributed by atoms with Gasteiger partial charge in [0.2, 0.25) is 21.8 Å². The molecule has 1 aromatic carbocycles. The molecule has 19 heteroatoms. The summed E-state index contributed by atoms with van der Waals surface area (Å²) in [6.07, 6.45) is -2.30. The van der Waals surface area contributed by atoms with Gasteiger partial charge in [-0.1, -0.05) is 0 Å². The Hall–Kier alpha value is -3.41. The summed E-state index contributed by atoms with van der Waals surface area (Å²) >= 11 is 0. The molecule has 0 aliphatic carbocycles. The molecule has 0 bridgehead atoms. The van der Waals surface area contributed by atoms with Crippen LogP contribution in [-0.4, -0.2) is 67.1 Å². The van der Waals surface area contributed by atoms with Gasteiger partial charge in [0.25, 0.3) is 0 Å². The molecule has 2 atom stereocenters. The number of sulfonamides is 1. The Bertz CT molecular complexity index is 1640. The highest BCUT2D eigenvalue weighted by Crippen LogP contribution is 2.37. The van der Waals surface area contributed by atoms with Crippen LogP contribution in [0.3, 0.4) is 0 Å². The van der Waals surface area contributed by atoms with E-state index in [9.17, 15) is 49.5 Å². The minimum absolute atomic E-state index is 0.0141. The van der Waals surface area contributed by atoms with E-state index >= 15 is 0 Å². The van der Waals surface area contributed by atoms with Crippen molar-refractivity contribution in [1.29, 1.82) is 0 Å². The van der Waals surface area contributed by atoms with Crippen molar-refractivity contribution < 1.29 is 54.0 Å². The molecule has 2 N–H and O–H groups in total. The third kappa shape index (κ3) is 7.57. The van der Waals surface area contributed by atoms with E-state index in [4.69, 9.17) is 0 Å². The van der Waals surface area contributed by atoms with Crippen LogP contribution in [0.15, 0.2) is 53.8 Å². The fraction of sp³-hybridized carbons (Fsp3) is 0.333. The molecule has 0 spiro atoms. The second-order valence-corrected chi connectivity index (χ2v) is 12.6. The number of aromatic nitrogens is 3. The van der Waals surface area contributed by atoms with Crippen LogP contribution in [0.4, 0.5) is 22.0 Å².